The quantitative estimate of drug-likeness (QED) is 0.139. The first kappa shape index (κ1) is 44.4. The Bertz CT molecular complexity index is 4070. The average molecular weight is 956 g/mol. The van der Waals surface area contributed by atoms with Crippen LogP contribution in [0, 0.1) is 0 Å². The summed E-state index contributed by atoms with van der Waals surface area (Å²) in [6, 6.07) is 106. The molecule has 2 aliphatic carbocycles. The van der Waals surface area contributed by atoms with Crippen LogP contribution in [0.15, 0.2) is 285 Å². The van der Waals surface area contributed by atoms with Gasteiger partial charge in [0.1, 0.15) is 0 Å². The van der Waals surface area contributed by atoms with E-state index in [9.17, 15) is 0 Å². The van der Waals surface area contributed by atoms with Gasteiger partial charge in [-0.05, 0) is 148 Å². The zero-order valence-electron chi connectivity index (χ0n) is 42.1. The molecule has 354 valence electrons. The van der Waals surface area contributed by atoms with Gasteiger partial charge in [0, 0.05) is 22.4 Å². The van der Waals surface area contributed by atoms with Gasteiger partial charge in [-0.2, -0.15) is 0 Å². The van der Waals surface area contributed by atoms with Crippen molar-refractivity contribution < 1.29 is 0 Å². The van der Waals surface area contributed by atoms with Crippen molar-refractivity contribution in [3.05, 3.63) is 318 Å². The van der Waals surface area contributed by atoms with Crippen LogP contribution < -0.4 is 4.90 Å². The molecule has 0 fully saturated rings. The van der Waals surface area contributed by atoms with Crippen LogP contribution in [0.1, 0.15) is 47.2 Å². The summed E-state index contributed by atoms with van der Waals surface area (Å²) in [5, 5.41) is 2.53. The van der Waals surface area contributed by atoms with E-state index in [0.717, 1.165) is 28.2 Å². The van der Waals surface area contributed by atoms with Gasteiger partial charge in [0.2, 0.25) is 0 Å². The smallest absolute Gasteiger partial charge is 0.0714 e. The molecule has 0 unspecified atom stereocenters. The van der Waals surface area contributed by atoms with Crippen LogP contribution in [0.5, 0.6) is 0 Å². The summed E-state index contributed by atoms with van der Waals surface area (Å²) in [5.74, 6) is 0. The van der Waals surface area contributed by atoms with Crippen molar-refractivity contribution in [1.82, 2.24) is 0 Å². The second kappa shape index (κ2) is 17.7. The van der Waals surface area contributed by atoms with Crippen LogP contribution in [0.3, 0.4) is 0 Å². The molecule has 0 aromatic heterocycles. The molecular formula is C74H53N. The number of para-hydroxylation sites is 1. The minimum absolute atomic E-state index is 0.272. The third kappa shape index (κ3) is 7.14. The largest absolute Gasteiger partial charge is 0.310 e. The molecule has 12 aromatic carbocycles. The van der Waals surface area contributed by atoms with Crippen molar-refractivity contribution in [1.29, 1.82) is 0 Å². The molecule has 14 rings (SSSR count). The molecule has 75 heavy (non-hydrogen) atoms. The minimum Gasteiger partial charge on any atom is -0.310 e. The van der Waals surface area contributed by atoms with Gasteiger partial charge in [-0.1, -0.05) is 257 Å². The standard InChI is InChI=1S/C74H53N/c1-73(2)68-47-56(62-32-19-25-53-24-15-16-30-61(53)62)39-43-64(68)65-44-40-59(48-69(65)73)75(72-33-18-17-31-63(72)54-36-34-52(35-37-54)50-20-7-3-8-21-50)60-41-45-67-66-42-38-55(51-22-9-4-10-23-51)46-70(66)74(71(67)49-60,57-26-11-5-12-27-57)58-28-13-6-14-29-58/h3-49H,1-2H3. The molecule has 2 aliphatic rings. The Kier molecular flexibility index (Phi) is 10.5. The fraction of sp³-hybridized carbons (Fsp3) is 0.0541. The Balaban J connectivity index is 0.980. The van der Waals surface area contributed by atoms with Gasteiger partial charge in [-0.15, -0.1) is 0 Å². The summed E-state index contributed by atoms with van der Waals surface area (Å²) in [6.45, 7) is 4.82. The summed E-state index contributed by atoms with van der Waals surface area (Å²) in [4.78, 5) is 2.53. The molecule has 0 N–H and O–H groups in total. The van der Waals surface area contributed by atoms with E-state index in [1.807, 2.05) is 0 Å². The highest BCUT2D eigenvalue weighted by Gasteiger charge is 2.47. The minimum atomic E-state index is -0.615. The van der Waals surface area contributed by atoms with Crippen LogP contribution in [0.25, 0.3) is 77.5 Å². The lowest BCUT2D eigenvalue weighted by molar-refractivity contribution is 0.660. The summed E-state index contributed by atoms with van der Waals surface area (Å²) in [6.07, 6.45) is 0. The highest BCUT2D eigenvalue weighted by molar-refractivity contribution is 5.99. The zero-order chi connectivity index (χ0) is 50.1. The molecule has 0 bridgehead atoms. The van der Waals surface area contributed by atoms with Gasteiger partial charge in [-0.3, -0.25) is 0 Å². The van der Waals surface area contributed by atoms with Crippen molar-refractivity contribution in [3.63, 3.8) is 0 Å². The third-order valence-electron chi connectivity index (χ3n) is 16.4. The van der Waals surface area contributed by atoms with Crippen LogP contribution in [-0.2, 0) is 10.8 Å². The van der Waals surface area contributed by atoms with E-state index < -0.39 is 5.41 Å². The number of fused-ring (bicyclic) bond motifs is 7. The summed E-state index contributed by atoms with van der Waals surface area (Å²) < 4.78 is 0. The first-order valence-corrected chi connectivity index (χ1v) is 26.2. The number of hydrogen-bond donors (Lipinski definition) is 0. The molecule has 1 nitrogen and oxygen atoms in total. The fourth-order valence-corrected chi connectivity index (χ4v) is 12.7. The second-order valence-electron chi connectivity index (χ2n) is 20.8. The lowest BCUT2D eigenvalue weighted by atomic mass is 9.67. The topological polar surface area (TPSA) is 3.24 Å². The molecule has 0 radical (unpaired) electrons. The predicted molar refractivity (Wildman–Crippen MR) is 315 cm³/mol. The van der Waals surface area contributed by atoms with Gasteiger partial charge >= 0.3 is 0 Å². The lowest BCUT2D eigenvalue weighted by Crippen LogP contribution is -2.29. The number of anilines is 3. The zero-order valence-corrected chi connectivity index (χ0v) is 42.1. The van der Waals surface area contributed by atoms with Crippen molar-refractivity contribution in [2.45, 2.75) is 24.7 Å². The maximum absolute atomic E-state index is 2.53. The van der Waals surface area contributed by atoms with E-state index in [0.29, 0.717) is 0 Å². The molecule has 0 saturated carbocycles. The molecule has 12 aromatic rings. The Labute approximate surface area is 440 Å². The summed E-state index contributed by atoms with van der Waals surface area (Å²) >= 11 is 0. The maximum atomic E-state index is 2.53. The van der Waals surface area contributed by atoms with E-state index in [-0.39, 0.29) is 5.41 Å². The van der Waals surface area contributed by atoms with E-state index in [2.05, 4.69) is 304 Å². The summed E-state index contributed by atoms with van der Waals surface area (Å²) in [7, 11) is 0. The van der Waals surface area contributed by atoms with Gasteiger partial charge in [0.25, 0.3) is 0 Å². The van der Waals surface area contributed by atoms with Gasteiger partial charge in [0.05, 0.1) is 11.1 Å². The summed E-state index contributed by atoms with van der Waals surface area (Å²) in [5.41, 5.74) is 24.9. The van der Waals surface area contributed by atoms with Gasteiger partial charge in [-0.25, -0.2) is 0 Å². The van der Waals surface area contributed by atoms with Crippen LogP contribution in [-0.4, -0.2) is 0 Å². The van der Waals surface area contributed by atoms with Gasteiger partial charge in [0.15, 0.2) is 0 Å². The Morgan fingerprint density at radius 2 is 0.680 bits per heavy atom. The highest BCUT2D eigenvalue weighted by atomic mass is 15.1. The first-order chi connectivity index (χ1) is 36.9. The Morgan fingerprint density at radius 3 is 1.33 bits per heavy atom. The van der Waals surface area contributed by atoms with Crippen molar-refractivity contribution >= 4 is 27.8 Å². The second-order valence-corrected chi connectivity index (χ2v) is 20.8. The van der Waals surface area contributed by atoms with Crippen LogP contribution >= 0.6 is 0 Å². The normalized spacial score (nSPS) is 13.4. The van der Waals surface area contributed by atoms with E-state index in [1.165, 1.54) is 99.8 Å². The van der Waals surface area contributed by atoms with E-state index in [4.69, 9.17) is 0 Å². The SMILES string of the molecule is CC1(C)c2cc(-c3cccc4ccccc34)ccc2-c2ccc(N(c3ccc4c(c3)C(c3ccccc3)(c3ccccc3)c3cc(-c5ccccc5)ccc3-4)c3ccccc3-c3ccc(-c4ccccc4)cc3)cc21. The molecular weight excluding hydrogens is 903 g/mol. The number of nitrogens with zero attached hydrogens (tertiary/aromatic N) is 1. The monoisotopic (exact) mass is 955 g/mol. The van der Waals surface area contributed by atoms with Crippen molar-refractivity contribution in [3.8, 4) is 66.8 Å². The molecule has 0 spiro atoms. The molecule has 0 amide bonds. The van der Waals surface area contributed by atoms with E-state index in [1.54, 1.807) is 0 Å². The molecule has 1 heteroatoms. The number of hydrogen-bond acceptors (Lipinski definition) is 1. The van der Waals surface area contributed by atoms with Crippen LogP contribution in [0.2, 0.25) is 0 Å². The number of rotatable bonds is 9. The predicted octanol–water partition coefficient (Wildman–Crippen LogP) is 19.6. The Hall–Kier alpha value is -9.30. The van der Waals surface area contributed by atoms with Crippen molar-refractivity contribution in [2.75, 3.05) is 4.90 Å². The first-order valence-electron chi connectivity index (χ1n) is 26.2. The van der Waals surface area contributed by atoms with E-state index >= 15 is 0 Å². The maximum Gasteiger partial charge on any atom is 0.0714 e. The van der Waals surface area contributed by atoms with Crippen molar-refractivity contribution in [2.24, 2.45) is 0 Å². The average Bonchev–Trinajstić information content (AvgIpc) is 3.92. The molecule has 0 saturated heterocycles. The number of benzene rings is 12. The molecule has 0 heterocycles. The molecule has 0 atom stereocenters. The fourth-order valence-electron chi connectivity index (χ4n) is 12.7. The van der Waals surface area contributed by atoms with Crippen LogP contribution in [0.4, 0.5) is 17.1 Å². The third-order valence-corrected chi connectivity index (χ3v) is 16.4. The Morgan fingerprint density at radius 1 is 0.267 bits per heavy atom. The lowest BCUT2D eigenvalue weighted by Gasteiger charge is -2.35. The molecule has 0 aliphatic heterocycles. The highest BCUT2D eigenvalue weighted by Crippen LogP contribution is 2.59. The van der Waals surface area contributed by atoms with Gasteiger partial charge < -0.3 is 4.90 Å².